The van der Waals surface area contributed by atoms with E-state index in [1.165, 1.54) is 18.4 Å². The van der Waals surface area contributed by atoms with Crippen LogP contribution < -0.4 is 0 Å². The molecule has 1 aromatic heterocycles. The molecule has 1 aromatic carbocycles. The van der Waals surface area contributed by atoms with Crippen LogP contribution in [0.25, 0.3) is 10.9 Å². The van der Waals surface area contributed by atoms with Gasteiger partial charge in [-0.2, -0.15) is 10.4 Å². The maximum Gasteiger partial charge on any atom is 0.0885 e. The Hall–Kier alpha value is -1.82. The van der Waals surface area contributed by atoms with Gasteiger partial charge in [-0.1, -0.05) is 12.1 Å². The lowest BCUT2D eigenvalue weighted by Gasteiger charge is -2.07. The van der Waals surface area contributed by atoms with Gasteiger partial charge < -0.3 is 0 Å². The number of aromatic amines is 1. The molecule has 1 N–H and O–H groups in total. The normalized spacial score (nSPS) is 29.2. The quantitative estimate of drug-likeness (QED) is 0.788. The number of H-pyrrole nitrogens is 1. The van der Waals surface area contributed by atoms with E-state index < -0.39 is 0 Å². The van der Waals surface area contributed by atoms with Crippen LogP contribution in [0.4, 0.5) is 0 Å². The second kappa shape index (κ2) is 2.30. The summed E-state index contributed by atoms with van der Waals surface area (Å²) < 4.78 is 0. The Labute approximate surface area is 94.6 Å². The average molecular weight is 211 g/mol. The summed E-state index contributed by atoms with van der Waals surface area (Å²) in [6.07, 6.45) is 5.32. The maximum atomic E-state index is 9.43. The Balaban J connectivity index is 0.000000902. The summed E-state index contributed by atoms with van der Waals surface area (Å²) in [6, 6.07) is 8.79. The number of fused-ring (bicyclic) bond motifs is 1. The van der Waals surface area contributed by atoms with E-state index in [1.807, 2.05) is 6.20 Å². The number of nitrogens with one attached hydrogen (secondary N) is 1. The Morgan fingerprint density at radius 1 is 1.44 bits per heavy atom. The minimum Gasteiger partial charge on any atom is -0.278 e. The smallest absolute Gasteiger partial charge is 0.0885 e. The molecule has 1 heterocycles. The number of aromatic nitrogens is 2. The van der Waals surface area contributed by atoms with E-state index in [1.54, 1.807) is 0 Å². The fraction of sp³-hybridized carbons (Fsp3) is 0.385. The molecule has 2 saturated carbocycles. The number of benzene rings is 1. The molecule has 3 nitrogen and oxygen atoms in total. The van der Waals surface area contributed by atoms with Gasteiger partial charge in [0.05, 0.1) is 23.2 Å². The van der Waals surface area contributed by atoms with E-state index in [4.69, 9.17) is 0 Å². The lowest BCUT2D eigenvalue weighted by Crippen LogP contribution is -2.07. The zero-order valence-electron chi connectivity index (χ0n) is 8.83. The van der Waals surface area contributed by atoms with Crippen LogP contribution in [0.2, 0.25) is 0 Å². The number of nitrogens with zero attached hydrogens (tertiary/aromatic N) is 2. The van der Waals surface area contributed by atoms with E-state index in [0.29, 0.717) is 5.41 Å². The fourth-order valence-electron chi connectivity index (χ4n) is 3.05. The lowest BCUT2D eigenvalue weighted by atomic mass is 9.93. The number of hydrogen-bond acceptors (Lipinski definition) is 2. The van der Waals surface area contributed by atoms with E-state index in [-0.39, 0.29) is 6.84 Å². The van der Waals surface area contributed by atoms with Crippen LogP contribution in [-0.4, -0.2) is 10.2 Å². The van der Waals surface area contributed by atoms with Crippen LogP contribution >= 0.6 is 0 Å². The largest absolute Gasteiger partial charge is 0.278 e. The van der Waals surface area contributed by atoms with Crippen molar-refractivity contribution in [1.82, 2.24) is 10.2 Å². The third-order valence-corrected chi connectivity index (χ3v) is 4.36. The molecule has 2 fully saturated rings. The van der Waals surface area contributed by atoms with Gasteiger partial charge in [-0.05, 0) is 36.3 Å². The highest BCUT2D eigenvalue weighted by Crippen LogP contribution is 2.78. The monoisotopic (exact) mass is 211 g/mol. The number of hydrogen-bond donors (Lipinski definition) is 1. The van der Waals surface area contributed by atoms with Gasteiger partial charge in [-0.3, -0.25) is 5.10 Å². The molecule has 4 rings (SSSR count). The highest BCUT2D eigenvalue weighted by Gasteiger charge is 2.75. The Morgan fingerprint density at radius 3 is 3.00 bits per heavy atom. The minimum atomic E-state index is -0.188. The first kappa shape index (κ1) is 8.35. The molecule has 0 aliphatic heterocycles. The van der Waals surface area contributed by atoms with Crippen molar-refractivity contribution in [3.05, 3.63) is 30.0 Å². The summed E-state index contributed by atoms with van der Waals surface area (Å²) in [5, 5.41) is 17.5. The zero-order valence-corrected chi connectivity index (χ0v) is 8.83. The van der Waals surface area contributed by atoms with Crippen LogP contribution in [0.15, 0.2) is 24.4 Å². The van der Waals surface area contributed by atoms with Crippen LogP contribution in [0.1, 0.15) is 26.3 Å². The first-order valence-corrected chi connectivity index (χ1v) is 5.65. The van der Waals surface area contributed by atoms with Crippen LogP contribution in [-0.2, 0) is 5.41 Å². The van der Waals surface area contributed by atoms with Gasteiger partial charge in [-0.25, -0.2) is 0 Å². The van der Waals surface area contributed by atoms with Gasteiger partial charge >= 0.3 is 0 Å². The van der Waals surface area contributed by atoms with Crippen molar-refractivity contribution in [3.8, 4) is 6.07 Å². The molecule has 0 radical (unpaired) electrons. The molecule has 16 heavy (non-hydrogen) atoms. The first-order chi connectivity index (χ1) is 7.80. The minimum absolute atomic E-state index is 0. The van der Waals surface area contributed by atoms with E-state index in [0.717, 1.165) is 17.3 Å². The summed E-state index contributed by atoms with van der Waals surface area (Å²) in [6.45, 7) is 0. The molecule has 1 spiro atoms. The van der Waals surface area contributed by atoms with E-state index in [2.05, 4.69) is 34.5 Å². The van der Waals surface area contributed by atoms with Crippen LogP contribution in [0.5, 0.6) is 0 Å². The second-order valence-electron chi connectivity index (χ2n) is 5.15. The second-order valence-corrected chi connectivity index (χ2v) is 5.15. The van der Waals surface area contributed by atoms with Crippen molar-refractivity contribution in [1.29, 1.82) is 5.26 Å². The molecule has 0 bridgehead atoms. The fourth-order valence-corrected chi connectivity index (χ4v) is 3.05. The highest BCUT2D eigenvalue weighted by molar-refractivity contribution is 5.79. The molecule has 2 aliphatic carbocycles. The van der Waals surface area contributed by atoms with E-state index in [9.17, 15) is 5.26 Å². The molecule has 1 unspecified atom stereocenters. The van der Waals surface area contributed by atoms with Crippen molar-refractivity contribution >= 4 is 10.9 Å². The molecule has 1 atom stereocenters. The Bertz CT molecular complexity index is 635. The summed E-state index contributed by atoms with van der Waals surface area (Å²) in [4.78, 5) is 0. The number of rotatable bonds is 1. The van der Waals surface area contributed by atoms with Crippen LogP contribution in [0, 0.1) is 16.7 Å². The average Bonchev–Trinajstić information content (AvgIpc) is 3.17. The third kappa shape index (κ3) is 0.780. The van der Waals surface area contributed by atoms with Crippen molar-refractivity contribution < 1.29 is 1.43 Å². The van der Waals surface area contributed by atoms with Gasteiger partial charge in [0.25, 0.3) is 0 Å². The molecule has 0 saturated heterocycles. The number of nitriles is 1. The van der Waals surface area contributed by atoms with Gasteiger partial charge in [0.2, 0.25) is 0 Å². The topological polar surface area (TPSA) is 52.5 Å². The van der Waals surface area contributed by atoms with Crippen molar-refractivity contribution in [2.75, 3.05) is 0 Å². The van der Waals surface area contributed by atoms with Gasteiger partial charge in [-0.15, -0.1) is 0 Å². The Morgan fingerprint density at radius 2 is 2.31 bits per heavy atom. The predicted octanol–water partition coefficient (Wildman–Crippen LogP) is 2.75. The molecule has 2 aromatic rings. The summed E-state index contributed by atoms with van der Waals surface area (Å²) in [7, 11) is 0. The molecular weight excluding hydrogens is 198 g/mol. The highest BCUT2D eigenvalue weighted by atomic mass is 15.1. The summed E-state index contributed by atoms with van der Waals surface area (Å²) in [5.41, 5.74) is 2.36. The molecule has 0 amide bonds. The van der Waals surface area contributed by atoms with Crippen molar-refractivity contribution in [2.24, 2.45) is 5.41 Å². The van der Waals surface area contributed by atoms with Gasteiger partial charge in [0, 0.05) is 6.81 Å². The summed E-state index contributed by atoms with van der Waals surface area (Å²) >= 11 is 0. The van der Waals surface area contributed by atoms with Gasteiger partial charge in [0.15, 0.2) is 0 Å². The third-order valence-electron chi connectivity index (χ3n) is 4.36. The van der Waals surface area contributed by atoms with Crippen molar-refractivity contribution in [3.63, 3.8) is 0 Å². The molecular formula is C13H13N3. The summed E-state index contributed by atoms with van der Waals surface area (Å²) in [5.74, 6) is 0. The zero-order chi connectivity index (χ0) is 10.8. The first-order valence-electron chi connectivity index (χ1n) is 5.65. The standard InChI is InChI=1S/C13H11N3.H2/c14-8-13(7-12(13)3-4-12)10-2-1-9-6-15-16-11(9)5-10;/h1-2,5-6H,3-4,7H2,(H,15,16);1H. The lowest BCUT2D eigenvalue weighted by molar-refractivity contribution is 0.738. The Kier molecular flexibility index (Phi) is 1.20. The van der Waals surface area contributed by atoms with Crippen molar-refractivity contribution in [2.45, 2.75) is 24.7 Å². The molecule has 2 aliphatic rings. The molecule has 3 heteroatoms. The maximum absolute atomic E-state index is 9.43. The van der Waals surface area contributed by atoms with Crippen LogP contribution in [0.3, 0.4) is 0 Å². The van der Waals surface area contributed by atoms with E-state index >= 15 is 0 Å². The van der Waals surface area contributed by atoms with Gasteiger partial charge in [0.1, 0.15) is 0 Å². The SMILES string of the molecule is N#CC1(c2ccc3cn[nH]c3c2)CC12CC2.[HH]. The predicted molar refractivity (Wildman–Crippen MR) is 61.8 cm³/mol. The molecule has 80 valence electrons.